The molecule has 0 fully saturated rings. The third-order valence-electron chi connectivity index (χ3n) is 1.32. The molecule has 11 heavy (non-hydrogen) atoms. The normalized spacial score (nSPS) is 17.5. The van der Waals surface area contributed by atoms with Crippen LogP contribution in [0, 0.1) is 0 Å². The van der Waals surface area contributed by atoms with Gasteiger partial charge in [0, 0.05) is 0 Å². The maximum Gasteiger partial charge on any atom is 0.368 e. The van der Waals surface area contributed by atoms with E-state index in [0.29, 0.717) is 0 Å². The predicted molar refractivity (Wildman–Crippen MR) is 34.9 cm³/mol. The van der Waals surface area contributed by atoms with Crippen LogP contribution in [0.5, 0.6) is 0 Å². The van der Waals surface area contributed by atoms with Gasteiger partial charge in [0.05, 0.1) is 0 Å². The topological polar surface area (TPSA) is 115 Å². The highest BCUT2D eigenvalue weighted by Crippen LogP contribution is 2.50. The molecule has 0 heterocycles. The van der Waals surface area contributed by atoms with Crippen LogP contribution in [0.3, 0.4) is 0 Å². The lowest BCUT2D eigenvalue weighted by atomic mass is 10.3. The number of rotatable bonds is 3. The largest absolute Gasteiger partial charge is 0.479 e. The van der Waals surface area contributed by atoms with Crippen LogP contribution < -0.4 is 0 Å². The van der Waals surface area contributed by atoms with E-state index in [2.05, 4.69) is 0 Å². The SMILES string of the molecule is CCC(O)(C(=O)O)P(=O)(O)O. The molecule has 0 spiro atoms. The van der Waals surface area contributed by atoms with Crippen LogP contribution >= 0.6 is 7.60 Å². The Morgan fingerprint density at radius 3 is 1.91 bits per heavy atom. The van der Waals surface area contributed by atoms with Crippen LogP contribution in [-0.2, 0) is 9.36 Å². The van der Waals surface area contributed by atoms with Gasteiger partial charge in [-0.3, -0.25) is 4.57 Å². The van der Waals surface area contributed by atoms with Gasteiger partial charge in [-0.05, 0) is 6.42 Å². The molecule has 0 amide bonds. The minimum atomic E-state index is -4.99. The summed E-state index contributed by atoms with van der Waals surface area (Å²) in [5.41, 5.74) is 0. The van der Waals surface area contributed by atoms with Crippen molar-refractivity contribution in [1.29, 1.82) is 0 Å². The summed E-state index contributed by atoms with van der Waals surface area (Å²) in [6.45, 7) is 1.17. The molecule has 0 saturated heterocycles. The molecule has 66 valence electrons. The lowest BCUT2D eigenvalue weighted by Gasteiger charge is -2.21. The smallest absolute Gasteiger partial charge is 0.368 e. The first-order chi connectivity index (χ1) is 4.75. The van der Waals surface area contributed by atoms with E-state index in [4.69, 9.17) is 20.0 Å². The Balaban J connectivity index is 4.92. The van der Waals surface area contributed by atoms with Gasteiger partial charge < -0.3 is 20.0 Å². The van der Waals surface area contributed by atoms with Crippen molar-refractivity contribution < 1.29 is 29.4 Å². The van der Waals surface area contributed by atoms with Gasteiger partial charge in [0.15, 0.2) is 0 Å². The Morgan fingerprint density at radius 2 is 1.91 bits per heavy atom. The summed E-state index contributed by atoms with van der Waals surface area (Å²) in [6, 6.07) is 0. The number of hydrogen-bond acceptors (Lipinski definition) is 3. The third kappa shape index (κ3) is 1.78. The molecule has 0 aliphatic rings. The van der Waals surface area contributed by atoms with Crippen molar-refractivity contribution in [2.75, 3.05) is 0 Å². The van der Waals surface area contributed by atoms with E-state index in [1.165, 1.54) is 6.92 Å². The van der Waals surface area contributed by atoms with Gasteiger partial charge in [0.2, 0.25) is 0 Å². The zero-order chi connectivity index (χ0) is 9.28. The van der Waals surface area contributed by atoms with E-state index in [9.17, 15) is 9.36 Å². The van der Waals surface area contributed by atoms with Gasteiger partial charge in [-0.2, -0.15) is 0 Å². The van der Waals surface area contributed by atoms with Crippen LogP contribution in [0.25, 0.3) is 0 Å². The summed E-state index contributed by atoms with van der Waals surface area (Å²) in [6.07, 6.45) is -0.535. The highest BCUT2D eigenvalue weighted by molar-refractivity contribution is 7.54. The molecule has 1 unspecified atom stereocenters. The van der Waals surface area contributed by atoms with Crippen molar-refractivity contribution in [2.24, 2.45) is 0 Å². The molecular formula is C4H9O6P. The van der Waals surface area contributed by atoms with Crippen molar-refractivity contribution in [2.45, 2.75) is 18.7 Å². The highest BCUT2D eigenvalue weighted by Gasteiger charge is 2.51. The first-order valence-electron chi connectivity index (χ1n) is 2.77. The molecule has 0 bridgehead atoms. The van der Waals surface area contributed by atoms with E-state index in [1.807, 2.05) is 0 Å². The van der Waals surface area contributed by atoms with Gasteiger partial charge in [-0.15, -0.1) is 0 Å². The van der Waals surface area contributed by atoms with Gasteiger partial charge >= 0.3 is 13.6 Å². The Bertz CT molecular complexity index is 207. The number of hydrogen-bond donors (Lipinski definition) is 4. The van der Waals surface area contributed by atoms with Crippen molar-refractivity contribution in [3.05, 3.63) is 0 Å². The Hall–Kier alpha value is -0.420. The van der Waals surface area contributed by atoms with E-state index in [-0.39, 0.29) is 0 Å². The lowest BCUT2D eigenvalue weighted by molar-refractivity contribution is -0.151. The van der Waals surface area contributed by atoms with Crippen LogP contribution in [0.2, 0.25) is 0 Å². The monoisotopic (exact) mass is 184 g/mol. The van der Waals surface area contributed by atoms with Crippen molar-refractivity contribution in [1.82, 2.24) is 0 Å². The maximum atomic E-state index is 10.4. The minimum Gasteiger partial charge on any atom is -0.479 e. The predicted octanol–water partition coefficient (Wildman–Crippen LogP) is -0.653. The third-order valence-corrected chi connectivity index (χ3v) is 2.79. The summed E-state index contributed by atoms with van der Waals surface area (Å²) in [7, 11) is -4.99. The molecule has 1 atom stereocenters. The van der Waals surface area contributed by atoms with Gasteiger partial charge in [-0.1, -0.05) is 6.92 Å². The van der Waals surface area contributed by atoms with Crippen LogP contribution in [0.1, 0.15) is 13.3 Å². The maximum absolute atomic E-state index is 10.4. The lowest BCUT2D eigenvalue weighted by Crippen LogP contribution is -2.37. The molecule has 7 heteroatoms. The Labute approximate surface area is 62.6 Å². The van der Waals surface area contributed by atoms with E-state index in [0.717, 1.165) is 0 Å². The number of carbonyl (C=O) groups is 1. The molecule has 0 aromatic heterocycles. The van der Waals surface area contributed by atoms with Gasteiger partial charge in [-0.25, -0.2) is 4.79 Å². The van der Waals surface area contributed by atoms with Crippen LogP contribution in [0.15, 0.2) is 0 Å². The second-order valence-corrected chi connectivity index (χ2v) is 3.85. The Kier molecular flexibility index (Phi) is 2.79. The van der Waals surface area contributed by atoms with Gasteiger partial charge in [0.25, 0.3) is 5.34 Å². The molecule has 0 aromatic carbocycles. The summed E-state index contributed by atoms with van der Waals surface area (Å²) in [5, 5.41) is 14.2. The molecule has 0 aliphatic heterocycles. The molecule has 0 rings (SSSR count). The summed E-state index contributed by atoms with van der Waals surface area (Å²) in [4.78, 5) is 26.9. The second-order valence-electron chi connectivity index (χ2n) is 2.02. The second kappa shape index (κ2) is 2.91. The highest BCUT2D eigenvalue weighted by atomic mass is 31.2. The number of carboxylic acid groups (broad SMARTS) is 1. The summed E-state index contributed by atoms with van der Waals surface area (Å²) >= 11 is 0. The minimum absolute atomic E-state index is 0.535. The average Bonchev–Trinajstić information content (AvgIpc) is 1.83. The molecule has 0 aromatic rings. The zero-order valence-corrected chi connectivity index (χ0v) is 6.65. The standard InChI is InChI=1S/C4H9O6P/c1-2-4(7,3(5)6)11(8,9)10/h7H,2H2,1H3,(H,5,6)(H2,8,9,10). The fourth-order valence-electron chi connectivity index (χ4n) is 0.482. The average molecular weight is 184 g/mol. The Morgan fingerprint density at radius 1 is 1.55 bits per heavy atom. The quantitative estimate of drug-likeness (QED) is 0.433. The number of aliphatic hydroxyl groups is 1. The molecule has 0 radical (unpaired) electrons. The van der Waals surface area contributed by atoms with Crippen molar-refractivity contribution in [3.8, 4) is 0 Å². The fraction of sp³-hybridized carbons (Fsp3) is 0.750. The zero-order valence-electron chi connectivity index (χ0n) is 5.76. The first kappa shape index (κ1) is 10.6. The van der Waals surface area contributed by atoms with Crippen molar-refractivity contribution >= 4 is 13.6 Å². The first-order valence-corrected chi connectivity index (χ1v) is 4.38. The summed E-state index contributed by atoms with van der Waals surface area (Å²) < 4.78 is 10.4. The van der Waals surface area contributed by atoms with Gasteiger partial charge in [0.1, 0.15) is 0 Å². The number of aliphatic carboxylic acids is 1. The molecule has 0 saturated carbocycles. The van der Waals surface area contributed by atoms with Crippen LogP contribution in [-0.4, -0.2) is 31.3 Å². The fourth-order valence-corrected chi connectivity index (χ4v) is 1.14. The molecular weight excluding hydrogens is 175 g/mol. The van der Waals surface area contributed by atoms with E-state index < -0.39 is 25.3 Å². The molecule has 6 nitrogen and oxygen atoms in total. The number of carboxylic acids is 1. The van der Waals surface area contributed by atoms with E-state index >= 15 is 0 Å². The summed E-state index contributed by atoms with van der Waals surface area (Å²) in [5.74, 6) is -1.91. The van der Waals surface area contributed by atoms with Crippen molar-refractivity contribution in [3.63, 3.8) is 0 Å². The molecule has 0 aliphatic carbocycles. The van der Waals surface area contributed by atoms with E-state index in [1.54, 1.807) is 0 Å². The van der Waals surface area contributed by atoms with Crippen LogP contribution in [0.4, 0.5) is 0 Å². The molecule has 4 N–H and O–H groups in total.